The Balaban J connectivity index is 1.79. The van der Waals surface area contributed by atoms with E-state index in [1.807, 2.05) is 67.7 Å². The maximum Gasteiger partial charge on any atom is 0.166 e. The first-order valence-corrected chi connectivity index (χ1v) is 10.7. The Labute approximate surface area is 181 Å². The Morgan fingerprint density at radius 3 is 2.50 bits per heavy atom. The number of nitrogens with zero attached hydrogens (tertiary/aromatic N) is 1. The third kappa shape index (κ3) is 3.54. The number of anilines is 1. The zero-order valence-corrected chi connectivity index (χ0v) is 18.2. The van der Waals surface area contributed by atoms with Crippen molar-refractivity contribution >= 4 is 23.7 Å². The maximum atomic E-state index is 12.3. The van der Waals surface area contributed by atoms with Crippen LogP contribution < -0.4 is 14.4 Å². The number of thioether (sulfide) groups is 1. The number of benzene rings is 3. The molecule has 0 bridgehead atoms. The quantitative estimate of drug-likeness (QED) is 0.507. The molecule has 0 radical (unpaired) electrons. The van der Waals surface area contributed by atoms with Gasteiger partial charge in [0.1, 0.15) is 18.9 Å². The Morgan fingerprint density at radius 2 is 1.77 bits per heavy atom. The SMILES string of the molecule is COc1cccc(C2(C)Sc3ccccc3N(C)C2C=O)c1OCc1ccccc1. The number of carbonyl (C=O) groups is 1. The second-order valence-electron chi connectivity index (χ2n) is 7.48. The van der Waals surface area contributed by atoms with Crippen LogP contribution >= 0.6 is 11.8 Å². The molecule has 1 aliphatic rings. The van der Waals surface area contributed by atoms with Crippen LogP contribution in [0, 0.1) is 0 Å². The van der Waals surface area contributed by atoms with Gasteiger partial charge in [0.25, 0.3) is 0 Å². The smallest absolute Gasteiger partial charge is 0.166 e. The number of rotatable bonds is 6. The molecule has 3 aromatic carbocycles. The first-order chi connectivity index (χ1) is 14.6. The minimum absolute atomic E-state index is 0.358. The van der Waals surface area contributed by atoms with Crippen LogP contribution in [0.25, 0.3) is 0 Å². The highest BCUT2D eigenvalue weighted by molar-refractivity contribution is 8.00. The molecule has 0 spiro atoms. The molecule has 0 N–H and O–H groups in total. The van der Waals surface area contributed by atoms with Gasteiger partial charge in [-0.05, 0) is 30.7 Å². The van der Waals surface area contributed by atoms with E-state index < -0.39 is 4.75 Å². The Morgan fingerprint density at radius 1 is 1.03 bits per heavy atom. The molecule has 2 unspecified atom stereocenters. The summed E-state index contributed by atoms with van der Waals surface area (Å²) < 4.78 is 11.4. The second kappa shape index (κ2) is 8.44. The van der Waals surface area contributed by atoms with E-state index in [0.717, 1.165) is 28.0 Å². The lowest BCUT2D eigenvalue weighted by Crippen LogP contribution is -2.49. The molecule has 0 aromatic heterocycles. The van der Waals surface area contributed by atoms with Gasteiger partial charge < -0.3 is 19.2 Å². The lowest BCUT2D eigenvalue weighted by molar-refractivity contribution is -0.109. The van der Waals surface area contributed by atoms with Gasteiger partial charge in [-0.15, -0.1) is 11.8 Å². The summed E-state index contributed by atoms with van der Waals surface area (Å²) in [6.45, 7) is 2.53. The number of likely N-dealkylation sites (N-methyl/N-ethyl adjacent to an activating group) is 1. The van der Waals surface area contributed by atoms with Crippen LogP contribution in [0.4, 0.5) is 5.69 Å². The summed E-state index contributed by atoms with van der Waals surface area (Å²) in [6, 6.07) is 23.7. The molecule has 0 saturated heterocycles. The van der Waals surface area contributed by atoms with Gasteiger partial charge in [0.15, 0.2) is 11.5 Å². The Bertz CT molecular complexity index is 1040. The van der Waals surface area contributed by atoms with Gasteiger partial charge >= 0.3 is 0 Å². The lowest BCUT2D eigenvalue weighted by atomic mass is 9.90. The van der Waals surface area contributed by atoms with E-state index in [1.54, 1.807) is 18.9 Å². The first kappa shape index (κ1) is 20.4. The topological polar surface area (TPSA) is 38.8 Å². The molecular formula is C25H25NO3S. The molecule has 154 valence electrons. The van der Waals surface area contributed by atoms with Gasteiger partial charge in [-0.25, -0.2) is 0 Å². The third-order valence-electron chi connectivity index (χ3n) is 5.64. The van der Waals surface area contributed by atoms with Gasteiger partial charge in [-0.1, -0.05) is 54.6 Å². The van der Waals surface area contributed by atoms with Crippen LogP contribution in [-0.2, 0) is 16.1 Å². The van der Waals surface area contributed by atoms with Crippen molar-refractivity contribution in [2.45, 2.75) is 29.2 Å². The van der Waals surface area contributed by atoms with Crippen LogP contribution in [0.3, 0.4) is 0 Å². The zero-order valence-electron chi connectivity index (χ0n) is 17.4. The molecule has 2 atom stereocenters. The van der Waals surface area contributed by atoms with E-state index in [0.29, 0.717) is 18.1 Å². The van der Waals surface area contributed by atoms with Crippen molar-refractivity contribution in [3.05, 3.63) is 83.9 Å². The molecule has 30 heavy (non-hydrogen) atoms. The predicted octanol–water partition coefficient (Wildman–Crippen LogP) is 5.30. The highest BCUT2D eigenvalue weighted by Crippen LogP contribution is 2.55. The molecule has 0 aliphatic carbocycles. The number of methoxy groups -OCH3 is 1. The zero-order chi connectivity index (χ0) is 21.1. The summed E-state index contributed by atoms with van der Waals surface area (Å²) >= 11 is 1.70. The van der Waals surface area contributed by atoms with Gasteiger partial charge in [-0.3, -0.25) is 0 Å². The summed E-state index contributed by atoms with van der Waals surface area (Å²) in [7, 11) is 3.62. The molecular weight excluding hydrogens is 394 g/mol. The van der Waals surface area contributed by atoms with E-state index in [2.05, 4.69) is 24.0 Å². The van der Waals surface area contributed by atoms with Crippen LogP contribution in [0.1, 0.15) is 18.1 Å². The van der Waals surface area contributed by atoms with E-state index in [-0.39, 0.29) is 6.04 Å². The standard InChI is InChI=1S/C25H25NO3S/c1-25(23(16-27)26(2)20-13-7-8-15-22(20)30-25)19-12-9-14-21(28-3)24(19)29-17-18-10-5-4-6-11-18/h4-16,23H,17H2,1-3H3. The van der Waals surface area contributed by atoms with Crippen LogP contribution in [0.2, 0.25) is 0 Å². The molecule has 0 amide bonds. The largest absolute Gasteiger partial charge is 0.493 e. The normalized spacial score (nSPS) is 20.4. The summed E-state index contributed by atoms with van der Waals surface area (Å²) in [6.07, 6.45) is 1.03. The van der Waals surface area contributed by atoms with Gasteiger partial charge in [0.05, 0.1) is 17.5 Å². The Kier molecular flexibility index (Phi) is 5.73. The van der Waals surface area contributed by atoms with Gasteiger partial charge in [0.2, 0.25) is 0 Å². The lowest BCUT2D eigenvalue weighted by Gasteiger charge is -2.46. The number of fused-ring (bicyclic) bond motifs is 1. The van der Waals surface area contributed by atoms with E-state index >= 15 is 0 Å². The van der Waals surface area contributed by atoms with Crippen molar-refractivity contribution in [1.29, 1.82) is 0 Å². The third-order valence-corrected chi connectivity index (χ3v) is 7.09. The number of hydrogen-bond acceptors (Lipinski definition) is 5. The summed E-state index contributed by atoms with van der Waals surface area (Å²) in [5, 5.41) is 0. The van der Waals surface area contributed by atoms with Gasteiger partial charge in [-0.2, -0.15) is 0 Å². The van der Waals surface area contributed by atoms with E-state index in [1.165, 1.54) is 0 Å². The highest BCUT2D eigenvalue weighted by Gasteiger charge is 2.46. The van der Waals surface area contributed by atoms with Crippen molar-refractivity contribution in [3.63, 3.8) is 0 Å². The van der Waals surface area contributed by atoms with E-state index in [9.17, 15) is 4.79 Å². The fraction of sp³-hybridized carbons (Fsp3) is 0.240. The number of carbonyl (C=O) groups excluding carboxylic acids is 1. The minimum atomic E-state index is -0.550. The molecule has 1 heterocycles. The van der Waals surface area contributed by atoms with Gasteiger partial charge in [0, 0.05) is 17.5 Å². The number of hydrogen-bond donors (Lipinski definition) is 0. The predicted molar refractivity (Wildman–Crippen MR) is 122 cm³/mol. The fourth-order valence-electron chi connectivity index (χ4n) is 4.02. The monoisotopic (exact) mass is 419 g/mol. The second-order valence-corrected chi connectivity index (χ2v) is 8.97. The van der Waals surface area contributed by atoms with Crippen LogP contribution in [-0.4, -0.2) is 26.5 Å². The van der Waals surface area contributed by atoms with Crippen molar-refractivity contribution in [3.8, 4) is 11.5 Å². The maximum absolute atomic E-state index is 12.3. The molecule has 1 aliphatic heterocycles. The van der Waals surface area contributed by atoms with Crippen molar-refractivity contribution in [2.24, 2.45) is 0 Å². The van der Waals surface area contributed by atoms with Crippen molar-refractivity contribution < 1.29 is 14.3 Å². The molecule has 3 aromatic rings. The van der Waals surface area contributed by atoms with Crippen LogP contribution in [0.15, 0.2) is 77.7 Å². The Hall–Kier alpha value is -2.92. The number of para-hydroxylation sites is 2. The van der Waals surface area contributed by atoms with E-state index in [4.69, 9.17) is 9.47 Å². The highest BCUT2D eigenvalue weighted by atomic mass is 32.2. The average molecular weight is 420 g/mol. The summed E-state index contributed by atoms with van der Waals surface area (Å²) in [4.78, 5) is 15.5. The molecule has 4 nitrogen and oxygen atoms in total. The molecule has 5 heteroatoms. The first-order valence-electron chi connectivity index (χ1n) is 9.89. The molecule has 0 fully saturated rings. The summed E-state index contributed by atoms with van der Waals surface area (Å²) in [5.74, 6) is 1.34. The number of ether oxygens (including phenoxy) is 2. The fourth-order valence-corrected chi connectivity index (χ4v) is 5.55. The van der Waals surface area contributed by atoms with Crippen molar-refractivity contribution in [1.82, 2.24) is 0 Å². The average Bonchev–Trinajstić information content (AvgIpc) is 2.78. The molecule has 4 rings (SSSR count). The van der Waals surface area contributed by atoms with Crippen molar-refractivity contribution in [2.75, 3.05) is 19.1 Å². The number of aldehydes is 1. The minimum Gasteiger partial charge on any atom is -0.493 e. The summed E-state index contributed by atoms with van der Waals surface area (Å²) in [5.41, 5.74) is 3.08. The molecule has 0 saturated carbocycles. The van der Waals surface area contributed by atoms with Crippen LogP contribution in [0.5, 0.6) is 11.5 Å².